The van der Waals surface area contributed by atoms with E-state index in [0.717, 1.165) is 5.56 Å². The molecule has 0 bridgehead atoms. The molecule has 2 rings (SSSR count). The quantitative estimate of drug-likeness (QED) is 0.784. The van der Waals surface area contributed by atoms with Crippen LogP contribution in [0.5, 0.6) is 5.75 Å². The molecular formula is C19H25ClN2O2. The number of hydrogen-bond acceptors (Lipinski definition) is 3. The third kappa shape index (κ3) is 5.17. The molecule has 0 aromatic heterocycles. The van der Waals surface area contributed by atoms with Gasteiger partial charge in [0.2, 0.25) is 0 Å². The average molecular weight is 349 g/mol. The van der Waals surface area contributed by atoms with Crippen molar-refractivity contribution >= 4 is 29.7 Å². The number of ether oxygens (including phenoxy) is 1. The monoisotopic (exact) mass is 348 g/mol. The van der Waals surface area contributed by atoms with Gasteiger partial charge < -0.3 is 15.8 Å². The lowest BCUT2D eigenvalue weighted by molar-refractivity contribution is -0.118. The molecule has 0 heterocycles. The summed E-state index contributed by atoms with van der Waals surface area (Å²) in [6.07, 6.45) is 0. The minimum absolute atomic E-state index is 0. The lowest BCUT2D eigenvalue weighted by atomic mass is 9.98. The number of nitrogens with one attached hydrogen (secondary N) is 1. The van der Waals surface area contributed by atoms with Crippen LogP contribution < -0.4 is 15.8 Å². The van der Waals surface area contributed by atoms with Crippen LogP contribution in [0, 0.1) is 13.8 Å². The molecule has 0 radical (unpaired) electrons. The van der Waals surface area contributed by atoms with Gasteiger partial charge in [0.1, 0.15) is 5.75 Å². The number of carbonyl (C=O) groups excluding carboxylic acids is 1. The number of halogens is 1. The third-order valence-corrected chi connectivity index (χ3v) is 3.77. The first kappa shape index (κ1) is 19.8. The largest absolute Gasteiger partial charge is 0.484 e. The fourth-order valence-corrected chi connectivity index (χ4v) is 2.50. The summed E-state index contributed by atoms with van der Waals surface area (Å²) < 4.78 is 5.58. The highest BCUT2D eigenvalue weighted by atomic mass is 35.5. The van der Waals surface area contributed by atoms with Gasteiger partial charge in [-0.25, -0.2) is 0 Å². The number of rotatable bonds is 5. The molecule has 0 saturated heterocycles. The maximum atomic E-state index is 12.0. The Balaban J connectivity index is 0.00000288. The Bertz CT molecular complexity index is 715. The van der Waals surface area contributed by atoms with Crippen LogP contribution in [-0.2, 0) is 4.79 Å². The van der Waals surface area contributed by atoms with Crippen LogP contribution in [0.2, 0.25) is 0 Å². The summed E-state index contributed by atoms with van der Waals surface area (Å²) in [5.74, 6) is 0.967. The van der Waals surface area contributed by atoms with Crippen molar-refractivity contribution in [2.24, 2.45) is 0 Å². The summed E-state index contributed by atoms with van der Waals surface area (Å²) in [5.41, 5.74) is 10.5. The zero-order valence-corrected chi connectivity index (χ0v) is 15.4. The number of amides is 1. The summed E-state index contributed by atoms with van der Waals surface area (Å²) in [7, 11) is 0. The van der Waals surface area contributed by atoms with Crippen molar-refractivity contribution in [2.75, 3.05) is 17.7 Å². The minimum Gasteiger partial charge on any atom is -0.484 e. The molecule has 130 valence electrons. The van der Waals surface area contributed by atoms with Gasteiger partial charge in [-0.1, -0.05) is 26.0 Å². The van der Waals surface area contributed by atoms with Crippen molar-refractivity contribution in [2.45, 2.75) is 33.6 Å². The fourth-order valence-electron chi connectivity index (χ4n) is 2.50. The van der Waals surface area contributed by atoms with Gasteiger partial charge in [0.25, 0.3) is 5.91 Å². The number of anilines is 2. The molecule has 0 aliphatic rings. The Labute approximate surface area is 149 Å². The predicted octanol–water partition coefficient (Wildman–Crippen LogP) is 4.45. The van der Waals surface area contributed by atoms with Gasteiger partial charge in [0, 0.05) is 11.4 Å². The van der Waals surface area contributed by atoms with Crippen molar-refractivity contribution < 1.29 is 9.53 Å². The fraction of sp³-hybridized carbons (Fsp3) is 0.316. The number of benzene rings is 2. The molecule has 2 aromatic carbocycles. The standard InChI is InChI=1S/C19H24N2O2.ClH/c1-12(2)17-8-7-16(9-14(17)4)23-11-19(22)21-18-10-15(20)6-5-13(18)3;/h5-10,12H,11,20H2,1-4H3,(H,21,22);1H. The zero-order chi connectivity index (χ0) is 17.0. The summed E-state index contributed by atoms with van der Waals surface area (Å²) in [6.45, 7) is 8.26. The van der Waals surface area contributed by atoms with Crippen molar-refractivity contribution in [1.82, 2.24) is 0 Å². The molecule has 0 aliphatic carbocycles. The topological polar surface area (TPSA) is 64.3 Å². The molecule has 3 N–H and O–H groups in total. The first-order valence-electron chi connectivity index (χ1n) is 7.76. The first-order valence-corrected chi connectivity index (χ1v) is 7.76. The number of hydrogen-bond donors (Lipinski definition) is 2. The smallest absolute Gasteiger partial charge is 0.262 e. The van der Waals surface area contributed by atoms with E-state index in [1.165, 1.54) is 11.1 Å². The SMILES string of the molecule is Cc1ccc(N)cc1NC(=O)COc1ccc(C(C)C)c(C)c1.Cl. The lowest BCUT2D eigenvalue weighted by Gasteiger charge is -2.13. The van der Waals surface area contributed by atoms with Crippen molar-refractivity contribution in [1.29, 1.82) is 0 Å². The Morgan fingerprint density at radius 2 is 1.83 bits per heavy atom. The van der Waals surface area contributed by atoms with Gasteiger partial charge in [-0.15, -0.1) is 12.4 Å². The van der Waals surface area contributed by atoms with Crippen molar-refractivity contribution in [3.8, 4) is 5.75 Å². The number of carbonyl (C=O) groups is 1. The molecular weight excluding hydrogens is 324 g/mol. The number of aryl methyl sites for hydroxylation is 2. The summed E-state index contributed by atoms with van der Waals surface area (Å²) >= 11 is 0. The van der Waals surface area contributed by atoms with Gasteiger partial charge in [-0.3, -0.25) is 4.79 Å². The molecule has 24 heavy (non-hydrogen) atoms. The second kappa shape index (κ2) is 8.60. The number of nitrogens with two attached hydrogens (primary N) is 1. The molecule has 0 spiro atoms. The van der Waals surface area contributed by atoms with Crippen LogP contribution in [-0.4, -0.2) is 12.5 Å². The zero-order valence-electron chi connectivity index (χ0n) is 14.6. The number of nitrogen functional groups attached to an aromatic ring is 1. The maximum Gasteiger partial charge on any atom is 0.262 e. The Hall–Kier alpha value is -2.20. The molecule has 0 fully saturated rings. The highest BCUT2D eigenvalue weighted by Gasteiger charge is 2.08. The lowest BCUT2D eigenvalue weighted by Crippen LogP contribution is -2.20. The summed E-state index contributed by atoms with van der Waals surface area (Å²) in [4.78, 5) is 12.0. The van der Waals surface area contributed by atoms with E-state index in [-0.39, 0.29) is 24.9 Å². The van der Waals surface area contributed by atoms with Gasteiger partial charge in [0.05, 0.1) is 0 Å². The van der Waals surface area contributed by atoms with E-state index in [0.29, 0.717) is 23.0 Å². The van der Waals surface area contributed by atoms with E-state index >= 15 is 0 Å². The molecule has 2 aromatic rings. The maximum absolute atomic E-state index is 12.0. The van der Waals surface area contributed by atoms with Crippen LogP contribution in [0.3, 0.4) is 0 Å². The van der Waals surface area contributed by atoms with E-state index in [1.54, 1.807) is 12.1 Å². The van der Waals surface area contributed by atoms with Gasteiger partial charge >= 0.3 is 0 Å². The minimum atomic E-state index is -0.204. The van der Waals surface area contributed by atoms with Gasteiger partial charge in [0.15, 0.2) is 6.61 Å². The highest BCUT2D eigenvalue weighted by Crippen LogP contribution is 2.23. The van der Waals surface area contributed by atoms with E-state index in [4.69, 9.17) is 10.5 Å². The second-order valence-corrected chi connectivity index (χ2v) is 6.08. The molecule has 5 heteroatoms. The molecule has 0 unspecified atom stereocenters. The van der Waals surface area contributed by atoms with E-state index < -0.39 is 0 Å². The van der Waals surface area contributed by atoms with Crippen LogP contribution in [0.4, 0.5) is 11.4 Å². The van der Waals surface area contributed by atoms with Gasteiger partial charge in [-0.05, 0) is 60.7 Å². The van der Waals surface area contributed by atoms with Crippen LogP contribution in [0.25, 0.3) is 0 Å². The van der Waals surface area contributed by atoms with Crippen molar-refractivity contribution in [3.63, 3.8) is 0 Å². The Morgan fingerprint density at radius 1 is 1.12 bits per heavy atom. The molecule has 1 amide bonds. The molecule has 0 saturated carbocycles. The second-order valence-electron chi connectivity index (χ2n) is 6.08. The normalized spacial score (nSPS) is 10.2. The van der Waals surface area contributed by atoms with Crippen LogP contribution in [0.15, 0.2) is 36.4 Å². The summed E-state index contributed by atoms with van der Waals surface area (Å²) in [6, 6.07) is 11.3. The molecule has 0 atom stereocenters. The average Bonchev–Trinajstić information content (AvgIpc) is 2.48. The Morgan fingerprint density at radius 3 is 2.46 bits per heavy atom. The molecule has 4 nitrogen and oxygen atoms in total. The van der Waals surface area contributed by atoms with Crippen molar-refractivity contribution in [3.05, 3.63) is 53.1 Å². The predicted molar refractivity (Wildman–Crippen MR) is 102 cm³/mol. The van der Waals surface area contributed by atoms with Crippen LogP contribution in [0.1, 0.15) is 36.5 Å². The summed E-state index contributed by atoms with van der Waals surface area (Å²) in [5, 5.41) is 2.82. The van der Waals surface area contributed by atoms with E-state index in [1.807, 2.05) is 25.1 Å². The van der Waals surface area contributed by atoms with Crippen LogP contribution >= 0.6 is 12.4 Å². The Kier molecular flexibility index (Phi) is 7.11. The van der Waals surface area contributed by atoms with E-state index in [2.05, 4.69) is 32.2 Å². The third-order valence-electron chi connectivity index (χ3n) is 3.77. The first-order chi connectivity index (χ1) is 10.9. The molecule has 0 aliphatic heterocycles. The highest BCUT2D eigenvalue weighted by molar-refractivity contribution is 5.93. The van der Waals surface area contributed by atoms with Gasteiger partial charge in [-0.2, -0.15) is 0 Å². The van der Waals surface area contributed by atoms with E-state index in [9.17, 15) is 4.79 Å².